The predicted octanol–water partition coefficient (Wildman–Crippen LogP) is -2.08. The quantitative estimate of drug-likeness (QED) is 0.387. The zero-order valence-electron chi connectivity index (χ0n) is 7.66. The number of hydrogen-bond donors (Lipinski definition) is 4. The van der Waals surface area contributed by atoms with Gasteiger partial charge in [-0.15, -0.1) is 0 Å². The van der Waals surface area contributed by atoms with Gasteiger partial charge in [-0.3, -0.25) is 14.1 Å². The van der Waals surface area contributed by atoms with Crippen LogP contribution in [-0.2, 0) is 19.7 Å². The van der Waals surface area contributed by atoms with Gasteiger partial charge in [0, 0.05) is 6.42 Å². The molecule has 0 aliphatic heterocycles. The van der Waals surface area contributed by atoms with Crippen molar-refractivity contribution in [1.29, 1.82) is 0 Å². The molecule has 0 heterocycles. The zero-order valence-corrected chi connectivity index (χ0v) is 8.48. The van der Waals surface area contributed by atoms with E-state index in [0.717, 1.165) is 0 Å². The fraction of sp³-hybridized carbons (Fsp3) is 0.667. The van der Waals surface area contributed by atoms with Gasteiger partial charge in [-0.25, -0.2) is 0 Å². The summed E-state index contributed by atoms with van der Waals surface area (Å²) in [5.41, 5.74) is 9.80. The van der Waals surface area contributed by atoms with Crippen LogP contribution in [0.5, 0.6) is 0 Å². The van der Waals surface area contributed by atoms with Gasteiger partial charge in [0.05, 0.1) is 0 Å². The largest absolute Gasteiger partial charge is 0.480 e. The molecule has 0 radical (unpaired) electrons. The molecule has 2 atom stereocenters. The number of carbonyl (C=O) groups is 2. The number of aliphatic carboxylic acids is 1. The fourth-order valence-electron chi connectivity index (χ4n) is 0.957. The average Bonchev–Trinajstić information content (AvgIpc) is 2.00. The Hall–Kier alpha value is -1.19. The molecule has 9 heteroatoms. The molecular weight excluding hydrogens is 228 g/mol. The molecule has 0 bridgehead atoms. The van der Waals surface area contributed by atoms with Crippen molar-refractivity contribution in [2.75, 3.05) is 0 Å². The van der Waals surface area contributed by atoms with E-state index < -0.39 is 39.7 Å². The van der Waals surface area contributed by atoms with Gasteiger partial charge in [-0.1, -0.05) is 0 Å². The van der Waals surface area contributed by atoms with Crippen LogP contribution in [0.2, 0.25) is 0 Å². The Bertz CT molecular complexity index is 351. The lowest BCUT2D eigenvalue weighted by Crippen LogP contribution is -2.46. The molecule has 0 fully saturated rings. The molecule has 0 saturated heterocycles. The molecule has 0 aromatic heterocycles. The Morgan fingerprint density at radius 1 is 1.33 bits per heavy atom. The standard InChI is InChI=1S/C6H12N2O6S/c7-4(9)2-1-3(15(12,13)14)5(8)6(10)11/h3,5H,1-2,8H2,(H2,7,9)(H,10,11)(H,12,13,14)/t3-,5+/m0/s1. The number of nitrogens with two attached hydrogens (primary N) is 2. The van der Waals surface area contributed by atoms with Gasteiger partial charge in [0.1, 0.15) is 11.3 Å². The molecule has 8 nitrogen and oxygen atoms in total. The second-order valence-electron chi connectivity index (χ2n) is 2.92. The van der Waals surface area contributed by atoms with E-state index in [1.54, 1.807) is 0 Å². The van der Waals surface area contributed by atoms with Crippen LogP contribution in [0.3, 0.4) is 0 Å². The smallest absolute Gasteiger partial charge is 0.321 e. The van der Waals surface area contributed by atoms with E-state index in [9.17, 15) is 18.0 Å². The summed E-state index contributed by atoms with van der Waals surface area (Å²) in [5, 5.41) is 6.73. The van der Waals surface area contributed by atoms with Gasteiger partial charge < -0.3 is 16.6 Å². The Morgan fingerprint density at radius 2 is 1.80 bits per heavy atom. The number of carboxylic acid groups (broad SMARTS) is 1. The summed E-state index contributed by atoms with van der Waals surface area (Å²) in [5.74, 6) is -2.39. The Labute approximate surface area is 86.0 Å². The monoisotopic (exact) mass is 240 g/mol. The van der Waals surface area contributed by atoms with Crippen LogP contribution in [0.4, 0.5) is 0 Å². The number of rotatable bonds is 6. The molecule has 0 aromatic rings. The summed E-state index contributed by atoms with van der Waals surface area (Å²) < 4.78 is 30.2. The van der Waals surface area contributed by atoms with Crippen LogP contribution < -0.4 is 11.5 Å². The summed E-state index contributed by atoms with van der Waals surface area (Å²) >= 11 is 0. The highest BCUT2D eigenvalue weighted by atomic mass is 32.2. The van der Waals surface area contributed by atoms with Crippen LogP contribution in [-0.4, -0.2) is 41.2 Å². The van der Waals surface area contributed by atoms with Crippen LogP contribution >= 0.6 is 0 Å². The summed E-state index contributed by atoms with van der Waals surface area (Å²) in [6.45, 7) is 0. The third-order valence-corrected chi connectivity index (χ3v) is 3.04. The minimum Gasteiger partial charge on any atom is -0.480 e. The molecule has 0 aliphatic carbocycles. The van der Waals surface area contributed by atoms with E-state index >= 15 is 0 Å². The maximum atomic E-state index is 10.7. The minimum atomic E-state index is -4.62. The van der Waals surface area contributed by atoms with Crippen LogP contribution in [0.15, 0.2) is 0 Å². The first kappa shape index (κ1) is 13.8. The lowest BCUT2D eigenvalue weighted by atomic mass is 10.1. The van der Waals surface area contributed by atoms with Gasteiger partial charge in [0.15, 0.2) is 0 Å². The summed E-state index contributed by atoms with van der Waals surface area (Å²) in [6.07, 6.45) is -0.799. The van der Waals surface area contributed by atoms with Gasteiger partial charge >= 0.3 is 5.97 Å². The maximum absolute atomic E-state index is 10.7. The normalized spacial score (nSPS) is 15.6. The van der Waals surface area contributed by atoms with Crippen LogP contribution in [0.25, 0.3) is 0 Å². The Balaban J connectivity index is 4.75. The van der Waals surface area contributed by atoms with E-state index in [1.165, 1.54) is 0 Å². The highest BCUT2D eigenvalue weighted by Gasteiger charge is 2.34. The molecule has 0 rings (SSSR count). The fourth-order valence-corrected chi connectivity index (χ4v) is 1.86. The summed E-state index contributed by atoms with van der Waals surface area (Å²) in [4.78, 5) is 20.8. The number of primary amides is 1. The first-order chi connectivity index (χ1) is 6.66. The van der Waals surface area contributed by atoms with E-state index in [2.05, 4.69) is 0 Å². The molecule has 0 unspecified atom stereocenters. The molecule has 0 spiro atoms. The average molecular weight is 240 g/mol. The molecule has 15 heavy (non-hydrogen) atoms. The van der Waals surface area contributed by atoms with Gasteiger partial charge in [0.25, 0.3) is 10.1 Å². The third kappa shape index (κ3) is 4.72. The Morgan fingerprint density at radius 3 is 2.07 bits per heavy atom. The topological polar surface area (TPSA) is 161 Å². The number of carboxylic acids is 1. The van der Waals surface area contributed by atoms with Crippen LogP contribution in [0, 0.1) is 0 Å². The molecule has 88 valence electrons. The zero-order chi connectivity index (χ0) is 12.2. The lowest BCUT2D eigenvalue weighted by molar-refractivity contribution is -0.138. The summed E-state index contributed by atoms with van der Waals surface area (Å²) in [6, 6.07) is -1.79. The van der Waals surface area contributed by atoms with Crippen molar-refractivity contribution in [3.63, 3.8) is 0 Å². The predicted molar refractivity (Wildman–Crippen MR) is 49.4 cm³/mol. The maximum Gasteiger partial charge on any atom is 0.321 e. The summed E-state index contributed by atoms with van der Waals surface area (Å²) in [7, 11) is -4.62. The number of amides is 1. The first-order valence-corrected chi connectivity index (χ1v) is 5.39. The number of hydrogen-bond acceptors (Lipinski definition) is 5. The van der Waals surface area contributed by atoms with Crippen molar-refractivity contribution in [3.8, 4) is 0 Å². The lowest BCUT2D eigenvalue weighted by Gasteiger charge is -2.16. The van der Waals surface area contributed by atoms with Crippen molar-refractivity contribution in [1.82, 2.24) is 0 Å². The molecule has 0 saturated carbocycles. The van der Waals surface area contributed by atoms with Crippen molar-refractivity contribution < 1.29 is 27.7 Å². The van der Waals surface area contributed by atoms with E-state index in [1.807, 2.05) is 0 Å². The molecular formula is C6H12N2O6S. The molecule has 0 aliphatic rings. The molecule has 0 aromatic carbocycles. The van der Waals surface area contributed by atoms with E-state index in [-0.39, 0.29) is 6.42 Å². The van der Waals surface area contributed by atoms with Crippen molar-refractivity contribution >= 4 is 22.0 Å². The molecule has 1 amide bonds. The van der Waals surface area contributed by atoms with Crippen molar-refractivity contribution in [3.05, 3.63) is 0 Å². The highest BCUT2D eigenvalue weighted by molar-refractivity contribution is 7.86. The van der Waals surface area contributed by atoms with Crippen molar-refractivity contribution in [2.24, 2.45) is 11.5 Å². The van der Waals surface area contributed by atoms with E-state index in [0.29, 0.717) is 0 Å². The van der Waals surface area contributed by atoms with Gasteiger partial charge in [-0.05, 0) is 6.42 Å². The SMILES string of the molecule is NC(=O)CC[C@@H]([C@@H](N)C(=O)O)S(=O)(=O)O. The first-order valence-electron chi connectivity index (χ1n) is 3.89. The van der Waals surface area contributed by atoms with Crippen LogP contribution in [0.1, 0.15) is 12.8 Å². The second kappa shape index (κ2) is 5.05. The highest BCUT2D eigenvalue weighted by Crippen LogP contribution is 2.10. The number of carbonyl (C=O) groups excluding carboxylic acids is 1. The minimum absolute atomic E-state index is 0.370. The third-order valence-electron chi connectivity index (χ3n) is 1.74. The van der Waals surface area contributed by atoms with E-state index in [4.69, 9.17) is 21.1 Å². The second-order valence-corrected chi connectivity index (χ2v) is 4.56. The molecule has 6 N–H and O–H groups in total. The van der Waals surface area contributed by atoms with Gasteiger partial charge in [0.2, 0.25) is 5.91 Å². The Kier molecular flexibility index (Phi) is 4.65. The van der Waals surface area contributed by atoms with Gasteiger partial charge in [-0.2, -0.15) is 8.42 Å². The van der Waals surface area contributed by atoms with Crippen molar-refractivity contribution in [2.45, 2.75) is 24.1 Å².